The Bertz CT molecular complexity index is 369. The first-order valence-corrected chi connectivity index (χ1v) is 5.81. The first-order chi connectivity index (χ1) is 8.43. The molecule has 1 atom stereocenters. The third-order valence-corrected chi connectivity index (χ3v) is 2.58. The van der Waals surface area contributed by atoms with Crippen LogP contribution < -0.4 is 5.32 Å². The topological polar surface area (TPSA) is 45.1 Å². The largest absolute Gasteiger partial charge is 0.416 e. The Kier molecular flexibility index (Phi) is 5.40. The summed E-state index contributed by atoms with van der Waals surface area (Å²) in [6.45, 7) is 2.59. The molecule has 1 rings (SSSR count). The van der Waals surface area contributed by atoms with Gasteiger partial charge < -0.3 is 10.4 Å². The number of hydrogen-bond acceptors (Lipinski definition) is 3. The molecule has 0 spiro atoms. The van der Waals surface area contributed by atoms with Crippen LogP contribution in [0.5, 0.6) is 0 Å². The van der Waals surface area contributed by atoms with Gasteiger partial charge >= 0.3 is 6.18 Å². The van der Waals surface area contributed by atoms with Gasteiger partial charge in [0.2, 0.25) is 0 Å². The molecule has 0 saturated carbocycles. The number of nitrogens with zero attached hydrogens (tertiary/aromatic N) is 1. The second-order valence-electron chi connectivity index (χ2n) is 4.28. The SMILES string of the molecule is CC(CO)CCCNc1cc(C(F)(F)F)ccn1. The number of aliphatic hydroxyl groups excluding tert-OH is 1. The van der Waals surface area contributed by atoms with E-state index in [2.05, 4.69) is 10.3 Å². The van der Waals surface area contributed by atoms with Crippen molar-refractivity contribution in [2.24, 2.45) is 5.92 Å². The molecule has 0 aliphatic carbocycles. The zero-order valence-corrected chi connectivity index (χ0v) is 10.2. The number of nitrogens with one attached hydrogen (secondary N) is 1. The van der Waals surface area contributed by atoms with Crippen molar-refractivity contribution in [2.75, 3.05) is 18.5 Å². The third-order valence-electron chi connectivity index (χ3n) is 2.58. The van der Waals surface area contributed by atoms with Gasteiger partial charge in [0, 0.05) is 19.3 Å². The van der Waals surface area contributed by atoms with Crippen LogP contribution in [-0.2, 0) is 6.18 Å². The van der Waals surface area contributed by atoms with Crippen molar-refractivity contribution in [1.29, 1.82) is 0 Å². The van der Waals surface area contributed by atoms with E-state index in [-0.39, 0.29) is 18.3 Å². The molecule has 0 aromatic carbocycles. The van der Waals surface area contributed by atoms with Crippen LogP contribution in [0.2, 0.25) is 0 Å². The summed E-state index contributed by atoms with van der Waals surface area (Å²) < 4.78 is 37.3. The molecular weight excluding hydrogens is 245 g/mol. The predicted molar refractivity (Wildman–Crippen MR) is 63.2 cm³/mol. The van der Waals surface area contributed by atoms with Crippen LogP contribution in [0.1, 0.15) is 25.3 Å². The van der Waals surface area contributed by atoms with Crippen LogP contribution in [0.25, 0.3) is 0 Å². The summed E-state index contributed by atoms with van der Waals surface area (Å²) in [6.07, 6.45) is -1.60. The Morgan fingerprint density at radius 2 is 2.17 bits per heavy atom. The molecule has 6 heteroatoms. The summed E-state index contributed by atoms with van der Waals surface area (Å²) in [5.41, 5.74) is -0.705. The number of pyridine rings is 1. The maximum Gasteiger partial charge on any atom is 0.416 e. The van der Waals surface area contributed by atoms with Crippen LogP contribution in [0.15, 0.2) is 18.3 Å². The lowest BCUT2D eigenvalue weighted by Crippen LogP contribution is -2.09. The normalized spacial score (nSPS) is 13.4. The lowest BCUT2D eigenvalue weighted by atomic mass is 10.1. The fraction of sp³-hybridized carbons (Fsp3) is 0.583. The second kappa shape index (κ2) is 6.58. The fourth-order valence-corrected chi connectivity index (χ4v) is 1.46. The van der Waals surface area contributed by atoms with Crippen molar-refractivity contribution in [3.63, 3.8) is 0 Å². The number of hydrogen-bond donors (Lipinski definition) is 2. The van der Waals surface area contributed by atoms with Crippen molar-refractivity contribution in [1.82, 2.24) is 4.98 Å². The van der Waals surface area contributed by atoms with Gasteiger partial charge in [0.1, 0.15) is 5.82 Å². The van der Waals surface area contributed by atoms with Crippen LogP contribution in [-0.4, -0.2) is 23.2 Å². The van der Waals surface area contributed by atoms with E-state index in [9.17, 15) is 13.2 Å². The van der Waals surface area contributed by atoms with Gasteiger partial charge in [-0.1, -0.05) is 6.92 Å². The number of aromatic nitrogens is 1. The molecule has 0 saturated heterocycles. The number of rotatable bonds is 6. The smallest absolute Gasteiger partial charge is 0.396 e. The molecule has 3 nitrogen and oxygen atoms in total. The quantitative estimate of drug-likeness (QED) is 0.775. The minimum Gasteiger partial charge on any atom is -0.396 e. The molecule has 1 aromatic rings. The van der Waals surface area contributed by atoms with Crippen LogP contribution in [0, 0.1) is 5.92 Å². The first kappa shape index (κ1) is 14.8. The van der Waals surface area contributed by atoms with Gasteiger partial charge in [-0.2, -0.15) is 13.2 Å². The van der Waals surface area contributed by atoms with E-state index < -0.39 is 11.7 Å². The molecule has 0 aliphatic heterocycles. The molecule has 0 amide bonds. The summed E-state index contributed by atoms with van der Waals surface area (Å²) in [7, 11) is 0. The number of aliphatic hydroxyl groups is 1. The van der Waals surface area contributed by atoms with Crippen LogP contribution in [0.3, 0.4) is 0 Å². The predicted octanol–water partition coefficient (Wildman–Crippen LogP) is 2.92. The summed E-state index contributed by atoms with van der Waals surface area (Å²) >= 11 is 0. The van der Waals surface area contributed by atoms with Crippen molar-refractivity contribution >= 4 is 5.82 Å². The van der Waals surface area contributed by atoms with Gasteiger partial charge in [-0.15, -0.1) is 0 Å². The number of halogens is 3. The fourth-order valence-electron chi connectivity index (χ4n) is 1.46. The van der Waals surface area contributed by atoms with Crippen molar-refractivity contribution in [3.05, 3.63) is 23.9 Å². The van der Waals surface area contributed by atoms with Gasteiger partial charge in [-0.05, 0) is 30.9 Å². The minimum atomic E-state index is -4.34. The van der Waals surface area contributed by atoms with Crippen LogP contribution >= 0.6 is 0 Å². The first-order valence-electron chi connectivity index (χ1n) is 5.81. The lowest BCUT2D eigenvalue weighted by Gasteiger charge is -2.10. The zero-order valence-electron chi connectivity index (χ0n) is 10.2. The number of anilines is 1. The van der Waals surface area contributed by atoms with Crippen molar-refractivity contribution in [2.45, 2.75) is 25.9 Å². The molecule has 102 valence electrons. The molecule has 1 unspecified atom stereocenters. The molecule has 0 aliphatic rings. The van der Waals surface area contributed by atoms with Crippen LogP contribution in [0.4, 0.5) is 19.0 Å². The van der Waals surface area contributed by atoms with Crippen molar-refractivity contribution in [3.8, 4) is 0 Å². The highest BCUT2D eigenvalue weighted by Crippen LogP contribution is 2.29. The molecule has 0 radical (unpaired) electrons. The molecule has 1 aromatic heterocycles. The van der Waals surface area contributed by atoms with Gasteiger partial charge in [0.05, 0.1) is 5.56 Å². The Morgan fingerprint density at radius 3 is 2.78 bits per heavy atom. The highest BCUT2D eigenvalue weighted by Gasteiger charge is 2.30. The van der Waals surface area contributed by atoms with E-state index in [4.69, 9.17) is 5.11 Å². The zero-order chi connectivity index (χ0) is 13.6. The van der Waals surface area contributed by atoms with Gasteiger partial charge in [0.25, 0.3) is 0 Å². The van der Waals surface area contributed by atoms with Gasteiger partial charge in [0.15, 0.2) is 0 Å². The molecular formula is C12H17F3N2O. The van der Waals surface area contributed by atoms with Gasteiger partial charge in [-0.3, -0.25) is 0 Å². The standard InChI is InChI=1S/C12H17F3N2O/c1-9(8-18)3-2-5-16-11-7-10(4-6-17-11)12(13,14)15/h4,6-7,9,18H,2-3,5,8H2,1H3,(H,16,17). The summed E-state index contributed by atoms with van der Waals surface area (Å²) in [5.74, 6) is 0.433. The number of alkyl halides is 3. The van der Waals surface area contributed by atoms with E-state index in [1.807, 2.05) is 6.92 Å². The molecule has 18 heavy (non-hydrogen) atoms. The van der Waals surface area contributed by atoms with Gasteiger partial charge in [-0.25, -0.2) is 4.98 Å². The second-order valence-corrected chi connectivity index (χ2v) is 4.28. The Balaban J connectivity index is 2.43. The lowest BCUT2D eigenvalue weighted by molar-refractivity contribution is -0.137. The Morgan fingerprint density at radius 1 is 1.44 bits per heavy atom. The average Bonchev–Trinajstić information content (AvgIpc) is 2.33. The summed E-state index contributed by atoms with van der Waals surface area (Å²) in [5, 5.41) is 11.7. The Hall–Kier alpha value is -1.30. The monoisotopic (exact) mass is 262 g/mol. The van der Waals surface area contributed by atoms with E-state index in [0.717, 1.165) is 31.2 Å². The molecule has 1 heterocycles. The molecule has 0 fully saturated rings. The van der Waals surface area contributed by atoms with E-state index in [1.165, 1.54) is 0 Å². The summed E-state index contributed by atoms with van der Waals surface area (Å²) in [4.78, 5) is 3.83. The molecule has 0 bridgehead atoms. The summed E-state index contributed by atoms with van der Waals surface area (Å²) in [6, 6.07) is 1.94. The van der Waals surface area contributed by atoms with Crippen molar-refractivity contribution < 1.29 is 18.3 Å². The van der Waals surface area contributed by atoms with E-state index >= 15 is 0 Å². The minimum absolute atomic E-state index is 0.127. The van der Waals surface area contributed by atoms with E-state index in [0.29, 0.717) is 6.54 Å². The maximum absolute atomic E-state index is 12.4. The average molecular weight is 262 g/mol. The Labute approximate surface area is 104 Å². The third kappa shape index (κ3) is 4.91. The maximum atomic E-state index is 12.4. The highest BCUT2D eigenvalue weighted by atomic mass is 19.4. The molecule has 2 N–H and O–H groups in total. The van der Waals surface area contributed by atoms with E-state index in [1.54, 1.807) is 0 Å². The highest BCUT2D eigenvalue weighted by molar-refractivity contribution is 5.38.